The molecule has 0 saturated carbocycles. The minimum Gasteiger partial charge on any atom is -0.389 e. The molecule has 0 aliphatic carbocycles. The largest absolute Gasteiger partial charge is 0.389 e. The maximum absolute atomic E-state index is 6.39. The summed E-state index contributed by atoms with van der Waals surface area (Å²) >= 11 is 0. The van der Waals surface area contributed by atoms with E-state index < -0.39 is 0 Å². The molecule has 0 saturated heterocycles. The van der Waals surface area contributed by atoms with Crippen LogP contribution in [-0.4, -0.2) is 31.5 Å². The summed E-state index contributed by atoms with van der Waals surface area (Å²) in [5.74, 6) is 1.64. The first-order chi connectivity index (χ1) is 11.7. The molecule has 1 N–H and O–H groups in total. The van der Waals surface area contributed by atoms with E-state index >= 15 is 0 Å². The van der Waals surface area contributed by atoms with Gasteiger partial charge < -0.3 is 14.8 Å². The molecular formula is C22H39NO2. The Bertz CT molecular complexity index is 532. The molecule has 0 radical (unpaired) electrons. The predicted molar refractivity (Wildman–Crippen MR) is 106 cm³/mol. The second-order valence-electron chi connectivity index (χ2n) is 8.50. The standard InChI is InChI=1S/C22H39NO2/c1-12(2)19-15(6)25-18(20(19)13(3)4)11-10-14(5)21-16(7)24-17(8)22(21)23-9/h12-18,23H,10-11H2,1-9H3/t14?,15?,16-,17+,18?/m0/s1. The molecule has 144 valence electrons. The van der Waals surface area contributed by atoms with Gasteiger partial charge in [0.1, 0.15) is 0 Å². The van der Waals surface area contributed by atoms with Gasteiger partial charge in [-0.3, -0.25) is 0 Å². The fraction of sp³-hybridized carbons (Fsp3) is 0.818. The fourth-order valence-electron chi connectivity index (χ4n) is 5.02. The molecule has 5 atom stereocenters. The van der Waals surface area contributed by atoms with Crippen molar-refractivity contribution in [3.63, 3.8) is 0 Å². The van der Waals surface area contributed by atoms with Crippen LogP contribution < -0.4 is 5.32 Å². The molecule has 2 heterocycles. The molecule has 0 aromatic heterocycles. The number of nitrogens with one attached hydrogen (secondary N) is 1. The van der Waals surface area contributed by atoms with E-state index in [9.17, 15) is 0 Å². The van der Waals surface area contributed by atoms with Gasteiger partial charge >= 0.3 is 0 Å². The molecule has 0 aromatic carbocycles. The normalized spacial score (nSPS) is 31.6. The van der Waals surface area contributed by atoms with Crippen LogP contribution in [0.25, 0.3) is 0 Å². The lowest BCUT2D eigenvalue weighted by Crippen LogP contribution is -2.20. The maximum atomic E-state index is 6.39. The van der Waals surface area contributed by atoms with Crippen LogP contribution in [0.1, 0.15) is 68.2 Å². The summed E-state index contributed by atoms with van der Waals surface area (Å²) in [4.78, 5) is 0. The second kappa shape index (κ2) is 8.26. The van der Waals surface area contributed by atoms with Gasteiger partial charge in [0, 0.05) is 12.7 Å². The first-order valence-electron chi connectivity index (χ1n) is 10.1. The van der Waals surface area contributed by atoms with Crippen molar-refractivity contribution in [2.75, 3.05) is 7.05 Å². The molecular weight excluding hydrogens is 310 g/mol. The highest BCUT2D eigenvalue weighted by atomic mass is 16.5. The van der Waals surface area contributed by atoms with Gasteiger partial charge in [0.25, 0.3) is 0 Å². The molecule has 0 amide bonds. The molecule has 0 fully saturated rings. The zero-order valence-corrected chi connectivity index (χ0v) is 17.8. The van der Waals surface area contributed by atoms with E-state index in [2.05, 4.69) is 60.7 Å². The monoisotopic (exact) mass is 349 g/mol. The summed E-state index contributed by atoms with van der Waals surface area (Å²) in [6, 6.07) is 0. The second-order valence-corrected chi connectivity index (χ2v) is 8.50. The Morgan fingerprint density at radius 3 is 1.88 bits per heavy atom. The summed E-state index contributed by atoms with van der Waals surface area (Å²) < 4.78 is 12.4. The van der Waals surface area contributed by atoms with Crippen LogP contribution in [0.2, 0.25) is 0 Å². The van der Waals surface area contributed by atoms with Crippen molar-refractivity contribution in [1.82, 2.24) is 5.32 Å². The molecule has 3 unspecified atom stereocenters. The summed E-state index contributed by atoms with van der Waals surface area (Å²) in [6.45, 7) is 18.1. The fourth-order valence-corrected chi connectivity index (χ4v) is 5.02. The zero-order valence-electron chi connectivity index (χ0n) is 17.8. The van der Waals surface area contributed by atoms with Crippen molar-refractivity contribution >= 4 is 0 Å². The van der Waals surface area contributed by atoms with Gasteiger partial charge in [0.15, 0.2) is 0 Å². The molecule has 0 spiro atoms. The van der Waals surface area contributed by atoms with E-state index in [-0.39, 0.29) is 24.4 Å². The van der Waals surface area contributed by atoms with Crippen molar-refractivity contribution in [3.8, 4) is 0 Å². The van der Waals surface area contributed by atoms with E-state index in [4.69, 9.17) is 9.47 Å². The molecule has 25 heavy (non-hydrogen) atoms. The van der Waals surface area contributed by atoms with Gasteiger partial charge in [-0.05, 0) is 68.1 Å². The molecule has 3 heteroatoms. The molecule has 2 aliphatic rings. The molecule has 2 aliphatic heterocycles. The lowest BCUT2D eigenvalue weighted by Gasteiger charge is -2.23. The summed E-state index contributed by atoms with van der Waals surface area (Å²) in [7, 11) is 2.01. The van der Waals surface area contributed by atoms with Gasteiger partial charge in [-0.25, -0.2) is 0 Å². The van der Waals surface area contributed by atoms with E-state index in [1.807, 2.05) is 7.05 Å². The van der Waals surface area contributed by atoms with Crippen LogP contribution in [0.3, 0.4) is 0 Å². The Balaban J connectivity index is 2.12. The molecule has 2 rings (SSSR count). The third kappa shape index (κ3) is 4.14. The Hall–Kier alpha value is -0.800. The number of likely N-dealkylation sites (N-methyl/N-ethyl adjacent to an activating group) is 1. The van der Waals surface area contributed by atoms with Gasteiger partial charge in [-0.15, -0.1) is 0 Å². The Morgan fingerprint density at radius 2 is 1.36 bits per heavy atom. The third-order valence-corrected chi connectivity index (χ3v) is 5.96. The van der Waals surface area contributed by atoms with E-state index in [0.29, 0.717) is 17.8 Å². The number of hydrogen-bond acceptors (Lipinski definition) is 3. The van der Waals surface area contributed by atoms with Crippen molar-refractivity contribution in [2.45, 2.75) is 92.6 Å². The average Bonchev–Trinajstić information content (AvgIpc) is 3.00. The minimum absolute atomic E-state index is 0.180. The topological polar surface area (TPSA) is 30.5 Å². The van der Waals surface area contributed by atoms with Crippen LogP contribution in [0.4, 0.5) is 0 Å². The molecule has 0 aromatic rings. The van der Waals surface area contributed by atoms with Gasteiger partial charge in [-0.2, -0.15) is 0 Å². The van der Waals surface area contributed by atoms with Crippen LogP contribution >= 0.6 is 0 Å². The van der Waals surface area contributed by atoms with Crippen LogP contribution in [0, 0.1) is 17.8 Å². The zero-order chi connectivity index (χ0) is 18.9. The van der Waals surface area contributed by atoms with E-state index in [1.165, 1.54) is 16.8 Å². The average molecular weight is 350 g/mol. The highest BCUT2D eigenvalue weighted by molar-refractivity contribution is 5.30. The number of rotatable bonds is 7. The van der Waals surface area contributed by atoms with Gasteiger partial charge in [-0.1, -0.05) is 34.6 Å². The number of hydrogen-bond donors (Lipinski definition) is 1. The van der Waals surface area contributed by atoms with Gasteiger partial charge in [0.05, 0.1) is 24.4 Å². The predicted octanol–water partition coefficient (Wildman–Crippen LogP) is 5.08. The Morgan fingerprint density at radius 1 is 0.800 bits per heavy atom. The Kier molecular flexibility index (Phi) is 6.78. The van der Waals surface area contributed by atoms with Crippen molar-refractivity contribution in [1.29, 1.82) is 0 Å². The quantitative estimate of drug-likeness (QED) is 0.650. The smallest absolute Gasteiger partial charge is 0.0949 e. The Labute approximate surface area is 155 Å². The first kappa shape index (κ1) is 20.5. The maximum Gasteiger partial charge on any atom is 0.0949 e. The van der Waals surface area contributed by atoms with E-state index in [0.717, 1.165) is 12.8 Å². The van der Waals surface area contributed by atoms with E-state index in [1.54, 1.807) is 5.57 Å². The summed E-state index contributed by atoms with van der Waals surface area (Å²) in [5.41, 5.74) is 5.82. The highest BCUT2D eigenvalue weighted by Gasteiger charge is 2.36. The van der Waals surface area contributed by atoms with Crippen molar-refractivity contribution in [3.05, 3.63) is 22.4 Å². The van der Waals surface area contributed by atoms with Crippen molar-refractivity contribution in [2.24, 2.45) is 17.8 Å². The summed E-state index contributed by atoms with van der Waals surface area (Å²) in [6.07, 6.45) is 3.17. The van der Waals surface area contributed by atoms with Crippen molar-refractivity contribution < 1.29 is 9.47 Å². The van der Waals surface area contributed by atoms with Gasteiger partial charge in [0.2, 0.25) is 0 Å². The SMILES string of the molecule is CNC1=C(C(C)CCC2OC(C)C(C(C)C)=C2C(C)C)[C@H](C)O[C@@H]1C. The third-order valence-electron chi connectivity index (χ3n) is 5.96. The highest BCUT2D eigenvalue weighted by Crippen LogP contribution is 2.40. The first-order valence-corrected chi connectivity index (χ1v) is 10.1. The minimum atomic E-state index is 0.180. The van der Waals surface area contributed by atoms with Crippen LogP contribution in [0.5, 0.6) is 0 Å². The van der Waals surface area contributed by atoms with Crippen LogP contribution in [0.15, 0.2) is 22.4 Å². The molecule has 0 bridgehead atoms. The molecule has 3 nitrogen and oxygen atoms in total. The number of ether oxygens (including phenoxy) is 2. The lowest BCUT2D eigenvalue weighted by atomic mass is 9.84. The lowest BCUT2D eigenvalue weighted by molar-refractivity contribution is 0.0484. The van der Waals surface area contributed by atoms with Crippen LogP contribution in [-0.2, 0) is 9.47 Å². The summed E-state index contributed by atoms with van der Waals surface area (Å²) in [5, 5.41) is 3.37.